The van der Waals surface area contributed by atoms with Crippen LogP contribution in [-0.4, -0.2) is 17.6 Å². The Morgan fingerprint density at radius 2 is 1.55 bits per heavy atom. The molecule has 0 saturated heterocycles. The molecule has 2 aromatic rings. The number of carbonyl (C=O) groups excluding carboxylic acids is 1. The Morgan fingerprint density at radius 3 is 2.23 bits per heavy atom. The molecule has 2 rings (SSSR count). The molecule has 0 aliphatic heterocycles. The molecule has 0 radical (unpaired) electrons. The van der Waals surface area contributed by atoms with Gasteiger partial charge in [0.1, 0.15) is 11.5 Å². The number of nitrogens with one attached hydrogen (secondary N) is 1. The van der Waals surface area contributed by atoms with Gasteiger partial charge in [-0.3, -0.25) is 4.79 Å². The molecule has 2 aromatic carbocycles. The van der Waals surface area contributed by atoms with E-state index in [1.54, 1.807) is 30.3 Å². The lowest BCUT2D eigenvalue weighted by atomic mass is 10.1. The average molecular weight is 424 g/mol. The van der Waals surface area contributed by atoms with Crippen molar-refractivity contribution < 1.29 is 14.6 Å². The van der Waals surface area contributed by atoms with E-state index in [1.807, 2.05) is 24.3 Å². The number of ether oxygens (including phenoxy) is 1. The Bertz CT molecular complexity index is 783. The molecule has 0 bridgehead atoms. The third-order valence-corrected chi connectivity index (χ3v) is 5.19. The number of hydrogen-bond donors (Lipinski definition) is 2. The summed E-state index contributed by atoms with van der Waals surface area (Å²) < 4.78 is 5.85. The summed E-state index contributed by atoms with van der Waals surface area (Å²) in [7, 11) is 0. The molecule has 0 aliphatic carbocycles. The number of carbonyl (C=O) groups is 1. The summed E-state index contributed by atoms with van der Waals surface area (Å²) in [5.74, 6) is 0.771. The zero-order chi connectivity index (χ0) is 22.2. The first kappa shape index (κ1) is 24.5. The summed E-state index contributed by atoms with van der Waals surface area (Å²) in [6.45, 7) is 2.96. The molecule has 0 spiro atoms. The predicted molar refractivity (Wildman–Crippen MR) is 130 cm³/mol. The van der Waals surface area contributed by atoms with E-state index in [-0.39, 0.29) is 11.7 Å². The molecule has 0 heterocycles. The summed E-state index contributed by atoms with van der Waals surface area (Å²) in [6, 6.07) is 14.2. The van der Waals surface area contributed by atoms with E-state index in [1.165, 1.54) is 63.9 Å². The van der Waals surface area contributed by atoms with Gasteiger partial charge in [0.2, 0.25) is 5.91 Å². The van der Waals surface area contributed by atoms with E-state index in [4.69, 9.17) is 4.74 Å². The van der Waals surface area contributed by atoms with Crippen molar-refractivity contribution in [1.29, 1.82) is 0 Å². The quantitative estimate of drug-likeness (QED) is 0.233. The van der Waals surface area contributed by atoms with Gasteiger partial charge in [0.25, 0.3) is 0 Å². The zero-order valence-electron chi connectivity index (χ0n) is 18.8. The topological polar surface area (TPSA) is 58.6 Å². The van der Waals surface area contributed by atoms with Crippen LogP contribution in [0.2, 0.25) is 0 Å². The molecule has 0 unspecified atom stereocenters. The normalized spacial score (nSPS) is 11.0. The largest absolute Gasteiger partial charge is 0.508 e. The number of benzene rings is 2. The Morgan fingerprint density at radius 1 is 0.903 bits per heavy atom. The number of hydrogen-bond acceptors (Lipinski definition) is 3. The summed E-state index contributed by atoms with van der Waals surface area (Å²) in [5.41, 5.74) is 1.56. The van der Waals surface area contributed by atoms with Crippen molar-refractivity contribution in [3.63, 3.8) is 0 Å². The third kappa shape index (κ3) is 11.3. The molecule has 0 aromatic heterocycles. The van der Waals surface area contributed by atoms with Crippen LogP contribution in [0.3, 0.4) is 0 Å². The van der Waals surface area contributed by atoms with Crippen LogP contribution < -0.4 is 10.1 Å². The third-order valence-electron chi connectivity index (χ3n) is 5.19. The standard InChI is InChI=1S/C27H37NO3/c1-2-3-4-5-6-7-8-9-10-11-21-31-26-14-12-13-24(22-26)28-27(30)20-17-23-15-18-25(29)19-16-23/h12-20,22,29H,2-11,21H2,1H3,(H,28,30). The van der Waals surface area contributed by atoms with Crippen LogP contribution in [0.5, 0.6) is 11.5 Å². The molecule has 0 fully saturated rings. The second kappa shape index (κ2) is 15.1. The fraction of sp³-hybridized carbons (Fsp3) is 0.444. The molecule has 2 N–H and O–H groups in total. The first-order valence-electron chi connectivity index (χ1n) is 11.7. The maximum Gasteiger partial charge on any atom is 0.248 e. The molecule has 31 heavy (non-hydrogen) atoms. The van der Waals surface area contributed by atoms with Gasteiger partial charge < -0.3 is 15.2 Å². The van der Waals surface area contributed by atoms with Gasteiger partial charge in [0, 0.05) is 17.8 Å². The van der Waals surface area contributed by atoms with Crippen molar-refractivity contribution in [3.05, 3.63) is 60.2 Å². The maximum absolute atomic E-state index is 12.1. The fourth-order valence-electron chi connectivity index (χ4n) is 3.38. The number of aromatic hydroxyl groups is 1. The van der Waals surface area contributed by atoms with Crippen molar-refractivity contribution in [1.82, 2.24) is 0 Å². The van der Waals surface area contributed by atoms with Crippen LogP contribution in [0.1, 0.15) is 76.7 Å². The number of amides is 1. The smallest absolute Gasteiger partial charge is 0.248 e. The van der Waals surface area contributed by atoms with Gasteiger partial charge in [-0.25, -0.2) is 0 Å². The summed E-state index contributed by atoms with van der Waals surface area (Å²) in [4.78, 5) is 12.1. The summed E-state index contributed by atoms with van der Waals surface area (Å²) in [6.07, 6.45) is 16.2. The van der Waals surface area contributed by atoms with E-state index < -0.39 is 0 Å². The van der Waals surface area contributed by atoms with Crippen LogP contribution in [0.4, 0.5) is 5.69 Å². The van der Waals surface area contributed by atoms with Gasteiger partial charge in [0.15, 0.2) is 0 Å². The highest BCUT2D eigenvalue weighted by molar-refractivity contribution is 6.02. The first-order chi connectivity index (χ1) is 15.2. The van der Waals surface area contributed by atoms with Crippen LogP contribution in [-0.2, 0) is 4.79 Å². The van der Waals surface area contributed by atoms with E-state index in [2.05, 4.69) is 12.2 Å². The van der Waals surface area contributed by atoms with Crippen molar-refractivity contribution in [3.8, 4) is 11.5 Å². The molecule has 0 atom stereocenters. The molecular formula is C27H37NO3. The monoisotopic (exact) mass is 423 g/mol. The van der Waals surface area contributed by atoms with Crippen molar-refractivity contribution in [2.75, 3.05) is 11.9 Å². The number of unbranched alkanes of at least 4 members (excludes halogenated alkanes) is 9. The minimum absolute atomic E-state index is 0.205. The lowest BCUT2D eigenvalue weighted by molar-refractivity contribution is -0.111. The van der Waals surface area contributed by atoms with Crippen molar-refractivity contribution in [2.45, 2.75) is 71.1 Å². The molecule has 168 valence electrons. The second-order valence-electron chi connectivity index (χ2n) is 7.97. The SMILES string of the molecule is CCCCCCCCCCCCOc1cccc(NC(=O)C=Cc2ccc(O)cc2)c1. The number of phenolic OH excluding ortho intramolecular Hbond substituents is 1. The Balaban J connectivity index is 1.61. The molecule has 0 saturated carbocycles. The minimum atomic E-state index is -0.208. The molecule has 4 nitrogen and oxygen atoms in total. The van der Waals surface area contributed by atoms with Crippen molar-refractivity contribution in [2.24, 2.45) is 0 Å². The van der Waals surface area contributed by atoms with E-state index in [0.29, 0.717) is 12.3 Å². The van der Waals surface area contributed by atoms with Gasteiger partial charge in [-0.15, -0.1) is 0 Å². The fourth-order valence-corrected chi connectivity index (χ4v) is 3.38. The molecule has 0 aliphatic rings. The predicted octanol–water partition coefficient (Wildman–Crippen LogP) is 7.34. The lowest BCUT2D eigenvalue weighted by Gasteiger charge is -2.08. The van der Waals surface area contributed by atoms with Crippen molar-refractivity contribution >= 4 is 17.7 Å². The number of rotatable bonds is 15. The first-order valence-corrected chi connectivity index (χ1v) is 11.7. The molecular weight excluding hydrogens is 386 g/mol. The summed E-state index contributed by atoms with van der Waals surface area (Å²) in [5, 5.41) is 12.2. The van der Waals surface area contributed by atoms with Crippen LogP contribution in [0, 0.1) is 0 Å². The maximum atomic E-state index is 12.1. The number of phenols is 1. The highest BCUT2D eigenvalue weighted by Crippen LogP contribution is 2.18. The van der Waals surface area contributed by atoms with Crippen LogP contribution >= 0.6 is 0 Å². The van der Waals surface area contributed by atoms with Gasteiger partial charge in [-0.05, 0) is 42.3 Å². The molecule has 4 heteroatoms. The Hall–Kier alpha value is -2.75. The zero-order valence-corrected chi connectivity index (χ0v) is 18.8. The Kier molecular flexibility index (Phi) is 12.0. The average Bonchev–Trinajstić information content (AvgIpc) is 2.77. The van der Waals surface area contributed by atoms with Gasteiger partial charge in [-0.1, -0.05) is 82.9 Å². The minimum Gasteiger partial charge on any atom is -0.508 e. The van der Waals surface area contributed by atoms with Crippen LogP contribution in [0.15, 0.2) is 54.6 Å². The van der Waals surface area contributed by atoms with Gasteiger partial charge in [0.05, 0.1) is 6.61 Å². The van der Waals surface area contributed by atoms with E-state index in [9.17, 15) is 9.90 Å². The summed E-state index contributed by atoms with van der Waals surface area (Å²) >= 11 is 0. The van der Waals surface area contributed by atoms with Gasteiger partial charge >= 0.3 is 0 Å². The molecule has 1 amide bonds. The van der Waals surface area contributed by atoms with Gasteiger partial charge in [-0.2, -0.15) is 0 Å². The second-order valence-corrected chi connectivity index (χ2v) is 7.97. The number of anilines is 1. The lowest BCUT2D eigenvalue weighted by Crippen LogP contribution is -2.08. The highest BCUT2D eigenvalue weighted by atomic mass is 16.5. The van der Waals surface area contributed by atoms with Crippen LogP contribution in [0.25, 0.3) is 6.08 Å². The Labute approximate surface area is 187 Å². The van der Waals surface area contributed by atoms with E-state index in [0.717, 1.165) is 17.7 Å². The van der Waals surface area contributed by atoms with E-state index >= 15 is 0 Å². The highest BCUT2D eigenvalue weighted by Gasteiger charge is 2.01.